The molecule has 0 spiro atoms. The Morgan fingerprint density at radius 1 is 0.393 bits per heavy atom. The molecular weight excluding hydrogens is 344 g/mol. The summed E-state index contributed by atoms with van der Waals surface area (Å²) >= 11 is 0. The average Bonchev–Trinajstić information content (AvgIpc) is 2.75. The molecule has 2 heteroatoms. The van der Waals surface area contributed by atoms with Gasteiger partial charge in [0, 0.05) is 0 Å². The van der Waals surface area contributed by atoms with Crippen molar-refractivity contribution < 1.29 is 9.47 Å². The highest BCUT2D eigenvalue weighted by Gasteiger charge is 2.01. The summed E-state index contributed by atoms with van der Waals surface area (Å²) in [4.78, 5) is 0. The minimum Gasteiger partial charge on any atom is -0.372 e. The van der Waals surface area contributed by atoms with E-state index >= 15 is 0 Å². The zero-order chi connectivity index (χ0) is 19.0. The SMILES string of the molecule is c1ccc(COCc2ccc3cc(COCc4ccccc4)ccc3c2)cc1. The van der Waals surface area contributed by atoms with Crippen molar-refractivity contribution in [2.75, 3.05) is 0 Å². The number of fused-ring (bicyclic) bond motifs is 1. The van der Waals surface area contributed by atoms with E-state index in [1.54, 1.807) is 0 Å². The fraction of sp³-hybridized carbons (Fsp3) is 0.154. The predicted octanol–water partition coefficient (Wildman–Crippen LogP) is 6.27. The summed E-state index contributed by atoms with van der Waals surface area (Å²) < 4.78 is 11.7. The van der Waals surface area contributed by atoms with Crippen LogP contribution in [-0.2, 0) is 35.9 Å². The van der Waals surface area contributed by atoms with Crippen molar-refractivity contribution in [2.24, 2.45) is 0 Å². The van der Waals surface area contributed by atoms with Crippen LogP contribution in [0.4, 0.5) is 0 Å². The Hall–Kier alpha value is -2.94. The lowest BCUT2D eigenvalue weighted by atomic mass is 10.0. The van der Waals surface area contributed by atoms with E-state index in [1.165, 1.54) is 33.0 Å². The van der Waals surface area contributed by atoms with Gasteiger partial charge in [0.15, 0.2) is 0 Å². The molecule has 2 nitrogen and oxygen atoms in total. The summed E-state index contributed by atoms with van der Waals surface area (Å²) in [5.41, 5.74) is 4.78. The largest absolute Gasteiger partial charge is 0.372 e. The first kappa shape index (κ1) is 18.4. The monoisotopic (exact) mass is 368 g/mol. The second-order valence-corrected chi connectivity index (χ2v) is 6.97. The van der Waals surface area contributed by atoms with Gasteiger partial charge in [0.25, 0.3) is 0 Å². The molecule has 4 aromatic carbocycles. The Labute approximate surface area is 166 Å². The summed E-state index contributed by atoms with van der Waals surface area (Å²) in [6, 6.07) is 33.6. The molecule has 0 radical (unpaired) electrons. The van der Waals surface area contributed by atoms with Gasteiger partial charge in [-0.15, -0.1) is 0 Å². The van der Waals surface area contributed by atoms with Crippen molar-refractivity contribution in [3.8, 4) is 0 Å². The highest BCUT2D eigenvalue weighted by atomic mass is 16.5. The van der Waals surface area contributed by atoms with Gasteiger partial charge < -0.3 is 9.47 Å². The third-order valence-corrected chi connectivity index (χ3v) is 4.73. The van der Waals surface area contributed by atoms with Gasteiger partial charge >= 0.3 is 0 Å². The molecule has 28 heavy (non-hydrogen) atoms. The fourth-order valence-corrected chi connectivity index (χ4v) is 3.25. The average molecular weight is 368 g/mol. The third kappa shape index (κ3) is 5.07. The number of benzene rings is 4. The van der Waals surface area contributed by atoms with E-state index in [1.807, 2.05) is 36.4 Å². The minimum absolute atomic E-state index is 0.618. The van der Waals surface area contributed by atoms with E-state index in [4.69, 9.17) is 9.47 Å². The van der Waals surface area contributed by atoms with E-state index in [9.17, 15) is 0 Å². The van der Waals surface area contributed by atoms with Gasteiger partial charge in [-0.25, -0.2) is 0 Å². The van der Waals surface area contributed by atoms with Gasteiger partial charge in [-0.3, -0.25) is 0 Å². The Balaban J connectivity index is 1.33. The molecule has 0 aliphatic heterocycles. The van der Waals surface area contributed by atoms with Crippen LogP contribution in [0.2, 0.25) is 0 Å². The molecule has 0 aromatic heterocycles. The second kappa shape index (κ2) is 9.32. The summed E-state index contributed by atoms with van der Waals surface area (Å²) in [6.07, 6.45) is 0. The number of hydrogen-bond acceptors (Lipinski definition) is 2. The zero-order valence-corrected chi connectivity index (χ0v) is 15.9. The second-order valence-electron chi connectivity index (χ2n) is 6.97. The van der Waals surface area contributed by atoms with Crippen molar-refractivity contribution in [3.63, 3.8) is 0 Å². The molecular formula is C26H24O2. The highest BCUT2D eigenvalue weighted by molar-refractivity contribution is 5.83. The van der Waals surface area contributed by atoms with Gasteiger partial charge in [0.2, 0.25) is 0 Å². The lowest BCUT2D eigenvalue weighted by Crippen LogP contribution is -1.95. The van der Waals surface area contributed by atoms with Crippen LogP contribution in [0.5, 0.6) is 0 Å². The van der Waals surface area contributed by atoms with Crippen LogP contribution >= 0.6 is 0 Å². The van der Waals surface area contributed by atoms with Crippen molar-refractivity contribution in [3.05, 3.63) is 119 Å². The fourth-order valence-electron chi connectivity index (χ4n) is 3.25. The quantitative estimate of drug-likeness (QED) is 0.365. The number of hydrogen-bond donors (Lipinski definition) is 0. The van der Waals surface area contributed by atoms with Crippen molar-refractivity contribution in [1.82, 2.24) is 0 Å². The smallest absolute Gasteiger partial charge is 0.0721 e. The van der Waals surface area contributed by atoms with Gasteiger partial charge in [0.05, 0.1) is 26.4 Å². The topological polar surface area (TPSA) is 18.5 Å². The van der Waals surface area contributed by atoms with E-state index in [0.29, 0.717) is 26.4 Å². The Kier molecular flexibility index (Phi) is 6.13. The molecule has 0 aliphatic rings. The Morgan fingerprint density at radius 2 is 0.786 bits per heavy atom. The van der Waals surface area contributed by atoms with Crippen LogP contribution in [0.1, 0.15) is 22.3 Å². The molecule has 0 saturated heterocycles. The normalized spacial score (nSPS) is 11.0. The van der Waals surface area contributed by atoms with Gasteiger partial charge in [-0.1, -0.05) is 84.9 Å². The van der Waals surface area contributed by atoms with Crippen LogP contribution in [-0.4, -0.2) is 0 Å². The zero-order valence-electron chi connectivity index (χ0n) is 15.9. The molecule has 0 heterocycles. The van der Waals surface area contributed by atoms with Crippen LogP contribution in [0.3, 0.4) is 0 Å². The summed E-state index contributed by atoms with van der Waals surface area (Å²) in [6.45, 7) is 2.51. The van der Waals surface area contributed by atoms with Crippen LogP contribution < -0.4 is 0 Å². The summed E-state index contributed by atoms with van der Waals surface area (Å²) in [5, 5.41) is 2.46. The molecule has 0 fully saturated rings. The maximum absolute atomic E-state index is 5.85. The number of rotatable bonds is 8. The van der Waals surface area contributed by atoms with Crippen LogP contribution in [0, 0.1) is 0 Å². The lowest BCUT2D eigenvalue weighted by Gasteiger charge is -2.08. The molecule has 140 valence electrons. The maximum Gasteiger partial charge on any atom is 0.0721 e. The Morgan fingerprint density at radius 3 is 1.21 bits per heavy atom. The molecule has 0 atom stereocenters. The molecule has 0 saturated carbocycles. The van der Waals surface area contributed by atoms with Crippen LogP contribution in [0.25, 0.3) is 10.8 Å². The molecule has 0 amide bonds. The van der Waals surface area contributed by atoms with Gasteiger partial charge in [-0.05, 0) is 45.2 Å². The lowest BCUT2D eigenvalue weighted by molar-refractivity contribution is 0.107. The van der Waals surface area contributed by atoms with Gasteiger partial charge in [-0.2, -0.15) is 0 Å². The van der Waals surface area contributed by atoms with Crippen LogP contribution in [0.15, 0.2) is 97.1 Å². The van der Waals surface area contributed by atoms with Gasteiger partial charge in [0.1, 0.15) is 0 Å². The van der Waals surface area contributed by atoms with Crippen molar-refractivity contribution in [2.45, 2.75) is 26.4 Å². The van der Waals surface area contributed by atoms with Crippen molar-refractivity contribution in [1.29, 1.82) is 0 Å². The first-order valence-electron chi connectivity index (χ1n) is 9.62. The maximum atomic E-state index is 5.85. The summed E-state index contributed by atoms with van der Waals surface area (Å²) in [7, 11) is 0. The first-order valence-corrected chi connectivity index (χ1v) is 9.62. The molecule has 0 unspecified atom stereocenters. The van der Waals surface area contributed by atoms with E-state index in [2.05, 4.69) is 60.7 Å². The highest BCUT2D eigenvalue weighted by Crippen LogP contribution is 2.20. The first-order chi connectivity index (χ1) is 13.9. The van der Waals surface area contributed by atoms with E-state index < -0.39 is 0 Å². The minimum atomic E-state index is 0.618. The van der Waals surface area contributed by atoms with Crippen molar-refractivity contribution >= 4 is 10.8 Å². The molecule has 0 N–H and O–H groups in total. The number of ether oxygens (including phenoxy) is 2. The third-order valence-electron chi connectivity index (χ3n) is 4.73. The van der Waals surface area contributed by atoms with E-state index in [-0.39, 0.29) is 0 Å². The molecule has 4 rings (SSSR count). The molecule has 0 bridgehead atoms. The van der Waals surface area contributed by atoms with E-state index in [0.717, 1.165) is 0 Å². The summed E-state index contributed by atoms with van der Waals surface area (Å²) in [5.74, 6) is 0. The molecule has 0 aliphatic carbocycles. The Bertz CT molecular complexity index is 925. The standard InChI is InChI=1S/C26H24O2/c1-3-7-21(8-4-1)17-27-19-23-11-13-26-16-24(12-14-25(26)15-23)20-28-18-22-9-5-2-6-10-22/h1-16H,17-20H2. The molecule has 4 aromatic rings. The predicted molar refractivity (Wildman–Crippen MR) is 114 cm³/mol.